The number of hydrogen-bond acceptors (Lipinski definition) is 7. The Kier molecular flexibility index (Phi) is 13.3. The van der Waals surface area contributed by atoms with Crippen molar-refractivity contribution in [3.8, 4) is 28.4 Å². The first-order valence-electron chi connectivity index (χ1n) is 14.7. The van der Waals surface area contributed by atoms with Gasteiger partial charge in [-0.05, 0) is 90.8 Å². The highest BCUT2D eigenvalue weighted by Crippen LogP contribution is 2.31. The van der Waals surface area contributed by atoms with Gasteiger partial charge in [0.15, 0.2) is 9.84 Å². The molecular formula is C33H37F3O9S. The number of carboxylic acid groups (broad SMARTS) is 2. The molecule has 0 aliphatic rings. The van der Waals surface area contributed by atoms with Crippen LogP contribution in [0.1, 0.15) is 56.1 Å². The highest BCUT2D eigenvalue weighted by molar-refractivity contribution is 7.90. The van der Waals surface area contributed by atoms with Crippen LogP contribution in [0.25, 0.3) is 11.1 Å². The van der Waals surface area contributed by atoms with E-state index in [2.05, 4.69) is 4.74 Å². The first kappa shape index (κ1) is 36.2. The molecule has 3 aromatic carbocycles. The van der Waals surface area contributed by atoms with Crippen LogP contribution < -0.4 is 14.2 Å². The lowest BCUT2D eigenvalue weighted by Gasteiger charge is -2.15. The van der Waals surface area contributed by atoms with Crippen molar-refractivity contribution in [1.82, 2.24) is 0 Å². The molecule has 0 bridgehead atoms. The summed E-state index contributed by atoms with van der Waals surface area (Å²) in [5, 5.41) is 18.0. The topological polar surface area (TPSA) is 136 Å². The molecule has 3 rings (SSSR count). The van der Waals surface area contributed by atoms with Crippen LogP contribution in [0, 0.1) is 0 Å². The lowest BCUT2D eigenvalue weighted by atomic mass is 9.97. The van der Waals surface area contributed by atoms with E-state index in [1.54, 1.807) is 12.1 Å². The molecule has 13 heteroatoms. The van der Waals surface area contributed by atoms with Gasteiger partial charge in [-0.1, -0.05) is 37.1 Å². The van der Waals surface area contributed by atoms with Crippen LogP contribution in [0.2, 0.25) is 0 Å². The molecule has 0 unspecified atom stereocenters. The first-order chi connectivity index (χ1) is 21.7. The van der Waals surface area contributed by atoms with Gasteiger partial charge in [-0.25, -0.2) is 8.42 Å². The summed E-state index contributed by atoms with van der Waals surface area (Å²) < 4.78 is 77.7. The van der Waals surface area contributed by atoms with Crippen molar-refractivity contribution in [2.75, 3.05) is 19.5 Å². The number of unbranched alkanes of at least 4 members (excludes halogenated alkanes) is 3. The fourth-order valence-electron chi connectivity index (χ4n) is 4.75. The molecule has 0 saturated carbocycles. The minimum Gasteiger partial charge on any atom is -0.494 e. The van der Waals surface area contributed by atoms with Crippen LogP contribution >= 0.6 is 0 Å². The maximum absolute atomic E-state index is 12.5. The first-order valence-corrected chi connectivity index (χ1v) is 16.6. The summed E-state index contributed by atoms with van der Waals surface area (Å²) in [6.45, 7) is 0.530. The normalized spacial score (nSPS) is 11.7. The molecule has 0 amide bonds. The molecular weight excluding hydrogens is 629 g/mol. The number of carbonyl (C=O) groups is 2. The van der Waals surface area contributed by atoms with Gasteiger partial charge in [-0.3, -0.25) is 9.59 Å². The second-order valence-electron chi connectivity index (χ2n) is 10.7. The van der Waals surface area contributed by atoms with Crippen LogP contribution in [0.5, 0.6) is 17.2 Å². The monoisotopic (exact) mass is 666 g/mol. The maximum Gasteiger partial charge on any atom is 0.573 e. The second kappa shape index (κ2) is 16.9. The third kappa shape index (κ3) is 12.6. The largest absolute Gasteiger partial charge is 0.573 e. The molecule has 0 radical (unpaired) electrons. The number of hydrogen-bond donors (Lipinski definition) is 2. The van der Waals surface area contributed by atoms with Gasteiger partial charge in [0.05, 0.1) is 18.1 Å². The molecule has 2 N–H and O–H groups in total. The van der Waals surface area contributed by atoms with E-state index < -0.39 is 33.9 Å². The van der Waals surface area contributed by atoms with Crippen molar-refractivity contribution in [2.24, 2.45) is 0 Å². The van der Waals surface area contributed by atoms with E-state index in [0.29, 0.717) is 54.9 Å². The number of ether oxygens (including phenoxy) is 3. The average Bonchev–Trinajstić information content (AvgIpc) is 2.97. The Labute approximate surface area is 265 Å². The van der Waals surface area contributed by atoms with Crippen LogP contribution in [0.15, 0.2) is 65.6 Å². The Hall–Kier alpha value is -4.26. The Balaban J connectivity index is 1.56. The summed E-state index contributed by atoms with van der Waals surface area (Å²) in [6.07, 6.45) is 0.679. The standard InChI is InChI=1S/C33H37F3O9S/c1-46(41,42)28-21-25(23-12-14-26(15-13-23)45-33(34,35)36)20-27(22-28)43-18-5-3-2-4-8-24-9-6-10-30(29(24)16-17-32(39)40)44-19-7-11-31(37)38/h6,9-10,12-15,20-22H,2-5,7-8,11,16-19H2,1H3,(H,37,38)(H,39,40). The van der Waals surface area contributed by atoms with Gasteiger partial charge in [0.2, 0.25) is 0 Å². The number of rotatable bonds is 19. The second-order valence-corrected chi connectivity index (χ2v) is 12.7. The van der Waals surface area contributed by atoms with Gasteiger partial charge in [0.1, 0.15) is 17.2 Å². The van der Waals surface area contributed by atoms with Crippen LogP contribution in [0.4, 0.5) is 13.2 Å². The van der Waals surface area contributed by atoms with E-state index in [4.69, 9.17) is 14.6 Å². The van der Waals surface area contributed by atoms with Gasteiger partial charge in [-0.2, -0.15) is 0 Å². The molecule has 250 valence electrons. The summed E-state index contributed by atoms with van der Waals surface area (Å²) in [7, 11) is -3.60. The Morgan fingerprint density at radius 3 is 2.07 bits per heavy atom. The van der Waals surface area contributed by atoms with E-state index in [9.17, 15) is 36.3 Å². The number of aliphatic carboxylic acids is 2. The Morgan fingerprint density at radius 2 is 1.41 bits per heavy atom. The molecule has 0 fully saturated rings. The lowest BCUT2D eigenvalue weighted by molar-refractivity contribution is -0.274. The zero-order valence-electron chi connectivity index (χ0n) is 25.3. The van der Waals surface area contributed by atoms with Crippen molar-refractivity contribution >= 4 is 21.8 Å². The number of benzene rings is 3. The number of aryl methyl sites for hydroxylation is 1. The fourth-order valence-corrected chi connectivity index (χ4v) is 5.42. The predicted molar refractivity (Wildman–Crippen MR) is 164 cm³/mol. The number of alkyl halides is 3. The van der Waals surface area contributed by atoms with Crippen LogP contribution in [-0.2, 0) is 32.3 Å². The van der Waals surface area contributed by atoms with Gasteiger partial charge < -0.3 is 24.4 Å². The molecule has 0 atom stereocenters. The molecule has 0 spiro atoms. The summed E-state index contributed by atoms with van der Waals surface area (Å²) in [5.41, 5.74) is 2.75. The Morgan fingerprint density at radius 1 is 0.739 bits per heavy atom. The van der Waals surface area contributed by atoms with Crippen LogP contribution in [-0.4, -0.2) is 56.4 Å². The maximum atomic E-state index is 12.5. The average molecular weight is 667 g/mol. The third-order valence-corrected chi connectivity index (χ3v) is 8.04. The van der Waals surface area contributed by atoms with Crippen molar-refractivity contribution in [3.05, 3.63) is 71.8 Å². The number of halogens is 3. The van der Waals surface area contributed by atoms with Gasteiger partial charge >= 0.3 is 18.3 Å². The minimum atomic E-state index is -4.82. The van der Waals surface area contributed by atoms with Crippen molar-refractivity contribution in [3.63, 3.8) is 0 Å². The SMILES string of the molecule is CS(=O)(=O)c1cc(OCCCCCCc2cccc(OCCCC(=O)O)c2CCC(=O)O)cc(-c2ccc(OC(F)(F)F)cc2)c1. The quantitative estimate of drug-likeness (QED) is 0.128. The van der Waals surface area contributed by atoms with Crippen molar-refractivity contribution < 1.29 is 55.6 Å². The van der Waals surface area contributed by atoms with E-state index in [-0.39, 0.29) is 24.3 Å². The summed E-state index contributed by atoms with van der Waals surface area (Å²) >= 11 is 0. The molecule has 9 nitrogen and oxygen atoms in total. The minimum absolute atomic E-state index is 0.0161. The molecule has 0 aliphatic carbocycles. The van der Waals surface area contributed by atoms with E-state index in [1.807, 2.05) is 12.1 Å². The molecule has 0 aliphatic heterocycles. The van der Waals surface area contributed by atoms with Gasteiger partial charge in [0, 0.05) is 19.1 Å². The molecule has 0 saturated heterocycles. The molecule has 46 heavy (non-hydrogen) atoms. The third-order valence-electron chi connectivity index (χ3n) is 6.95. The summed E-state index contributed by atoms with van der Waals surface area (Å²) in [5.74, 6) is -1.34. The lowest BCUT2D eigenvalue weighted by Crippen LogP contribution is -2.16. The molecule has 0 aromatic heterocycles. The summed E-state index contributed by atoms with van der Waals surface area (Å²) in [4.78, 5) is 22.0. The van der Waals surface area contributed by atoms with Crippen LogP contribution in [0.3, 0.4) is 0 Å². The fraction of sp³-hybridized carbons (Fsp3) is 0.394. The number of carboxylic acids is 2. The van der Waals surface area contributed by atoms with E-state index in [1.165, 1.54) is 24.3 Å². The van der Waals surface area contributed by atoms with E-state index in [0.717, 1.165) is 48.8 Å². The zero-order valence-corrected chi connectivity index (χ0v) is 26.2. The van der Waals surface area contributed by atoms with Gasteiger partial charge in [-0.15, -0.1) is 13.2 Å². The predicted octanol–water partition coefficient (Wildman–Crippen LogP) is 7.10. The molecule has 0 heterocycles. The van der Waals surface area contributed by atoms with Crippen molar-refractivity contribution in [1.29, 1.82) is 0 Å². The summed E-state index contributed by atoms with van der Waals surface area (Å²) in [6, 6.07) is 15.1. The van der Waals surface area contributed by atoms with Gasteiger partial charge in [0.25, 0.3) is 0 Å². The molecule has 3 aromatic rings. The van der Waals surface area contributed by atoms with E-state index >= 15 is 0 Å². The smallest absolute Gasteiger partial charge is 0.494 e. The van der Waals surface area contributed by atoms with Crippen molar-refractivity contribution in [2.45, 2.75) is 69.0 Å². The highest BCUT2D eigenvalue weighted by Gasteiger charge is 2.31. The number of sulfone groups is 1. The zero-order chi connectivity index (χ0) is 33.7. The Bertz CT molecular complexity index is 1570. The highest BCUT2D eigenvalue weighted by atomic mass is 32.2.